The van der Waals surface area contributed by atoms with Gasteiger partial charge in [-0.2, -0.15) is 0 Å². The van der Waals surface area contributed by atoms with E-state index in [0.717, 1.165) is 17.1 Å². The van der Waals surface area contributed by atoms with Gasteiger partial charge >= 0.3 is 0 Å². The van der Waals surface area contributed by atoms with Crippen LogP contribution in [-0.4, -0.2) is 15.3 Å². The van der Waals surface area contributed by atoms with Crippen LogP contribution in [0.25, 0.3) is 4.96 Å². The van der Waals surface area contributed by atoms with Gasteiger partial charge in [0.2, 0.25) is 5.91 Å². The molecule has 1 amide bonds. The lowest BCUT2D eigenvalue weighted by atomic mass is 10.3. The van der Waals surface area contributed by atoms with Crippen LogP contribution in [0.3, 0.4) is 0 Å². The van der Waals surface area contributed by atoms with E-state index in [1.165, 1.54) is 0 Å². The Bertz CT molecular complexity index is 460. The van der Waals surface area contributed by atoms with Crippen molar-refractivity contribution in [2.45, 2.75) is 26.3 Å². The molecule has 2 aromatic rings. The van der Waals surface area contributed by atoms with Gasteiger partial charge in [-0.15, -0.1) is 11.3 Å². The number of carbonyl (C=O) groups excluding carboxylic acids is 1. The molecule has 0 saturated carbocycles. The third-order valence-corrected chi connectivity index (χ3v) is 3.06. The molecule has 1 N–H and O–H groups in total. The van der Waals surface area contributed by atoms with Crippen molar-refractivity contribution in [3.8, 4) is 0 Å². The van der Waals surface area contributed by atoms with Crippen LogP contribution < -0.4 is 5.32 Å². The lowest BCUT2D eigenvalue weighted by Gasteiger charge is -2.02. The van der Waals surface area contributed by atoms with Crippen molar-refractivity contribution in [2.75, 3.05) is 0 Å². The van der Waals surface area contributed by atoms with Gasteiger partial charge in [0.15, 0.2) is 4.96 Å². The summed E-state index contributed by atoms with van der Waals surface area (Å²) in [7, 11) is 0. The number of carbonyl (C=O) groups is 1. The summed E-state index contributed by atoms with van der Waals surface area (Å²) < 4.78 is 2.00. The largest absolute Gasteiger partial charge is 0.350 e. The van der Waals surface area contributed by atoms with Gasteiger partial charge < -0.3 is 5.32 Å². The quantitative estimate of drug-likeness (QED) is 0.859. The minimum atomic E-state index is 0.108. The van der Waals surface area contributed by atoms with Gasteiger partial charge in [0.05, 0.1) is 12.2 Å². The van der Waals surface area contributed by atoms with E-state index in [1.807, 2.05) is 22.9 Å². The minimum Gasteiger partial charge on any atom is -0.350 e. The molecule has 0 aliphatic heterocycles. The van der Waals surface area contributed by atoms with Crippen molar-refractivity contribution in [2.24, 2.45) is 0 Å². The first kappa shape index (κ1) is 10.2. The van der Waals surface area contributed by atoms with E-state index < -0.39 is 0 Å². The van der Waals surface area contributed by atoms with Crippen LogP contribution in [0.4, 0.5) is 0 Å². The van der Waals surface area contributed by atoms with Crippen LogP contribution in [-0.2, 0) is 11.3 Å². The first-order valence-electron chi connectivity index (χ1n) is 4.97. The van der Waals surface area contributed by atoms with Crippen LogP contribution in [0.2, 0.25) is 0 Å². The number of imidazole rings is 1. The van der Waals surface area contributed by atoms with E-state index in [9.17, 15) is 4.79 Å². The fraction of sp³-hybridized carbons (Fsp3) is 0.400. The molecule has 0 unspecified atom stereocenters. The van der Waals surface area contributed by atoms with Gasteiger partial charge in [-0.3, -0.25) is 9.20 Å². The molecule has 80 valence electrons. The van der Waals surface area contributed by atoms with Crippen molar-refractivity contribution in [1.82, 2.24) is 14.7 Å². The molecule has 0 aliphatic carbocycles. The average molecular weight is 223 g/mol. The lowest BCUT2D eigenvalue weighted by Crippen LogP contribution is -2.22. The zero-order valence-electron chi connectivity index (χ0n) is 8.56. The molecule has 2 rings (SSSR count). The molecule has 0 atom stereocenters. The van der Waals surface area contributed by atoms with Crippen LogP contribution in [0.15, 0.2) is 17.8 Å². The van der Waals surface area contributed by atoms with E-state index >= 15 is 0 Å². The topological polar surface area (TPSA) is 46.4 Å². The van der Waals surface area contributed by atoms with E-state index in [4.69, 9.17) is 0 Å². The molecule has 2 aromatic heterocycles. The predicted octanol–water partition coefficient (Wildman–Crippen LogP) is 1.81. The Labute approximate surface area is 91.9 Å². The summed E-state index contributed by atoms with van der Waals surface area (Å²) in [6.07, 6.45) is 5.16. The van der Waals surface area contributed by atoms with Crippen molar-refractivity contribution < 1.29 is 4.79 Å². The molecule has 5 heteroatoms. The van der Waals surface area contributed by atoms with Crippen LogP contribution in [0, 0.1) is 0 Å². The number of nitrogens with one attached hydrogen (secondary N) is 1. The summed E-state index contributed by atoms with van der Waals surface area (Å²) in [5.41, 5.74) is 1.08. The average Bonchev–Trinajstić information content (AvgIpc) is 2.77. The molecule has 0 fully saturated rings. The summed E-state index contributed by atoms with van der Waals surface area (Å²) in [5, 5.41) is 4.91. The van der Waals surface area contributed by atoms with Crippen molar-refractivity contribution in [3.05, 3.63) is 23.5 Å². The number of amides is 1. The Morgan fingerprint density at radius 1 is 1.67 bits per heavy atom. The summed E-state index contributed by atoms with van der Waals surface area (Å²) in [4.78, 5) is 16.4. The SMILES string of the molecule is CCCC(=O)NCc1csc2nccn12. The van der Waals surface area contributed by atoms with Gasteiger partial charge in [0.25, 0.3) is 0 Å². The fourth-order valence-electron chi connectivity index (χ4n) is 1.40. The van der Waals surface area contributed by atoms with Crippen LogP contribution in [0.1, 0.15) is 25.5 Å². The Morgan fingerprint density at radius 3 is 3.33 bits per heavy atom. The second-order valence-electron chi connectivity index (χ2n) is 3.33. The molecule has 0 spiro atoms. The third-order valence-electron chi connectivity index (χ3n) is 2.16. The highest BCUT2D eigenvalue weighted by molar-refractivity contribution is 7.15. The normalized spacial score (nSPS) is 10.7. The summed E-state index contributed by atoms with van der Waals surface area (Å²) in [6.45, 7) is 2.58. The number of nitrogens with zero attached hydrogens (tertiary/aromatic N) is 2. The molecular formula is C10H13N3OS. The number of fused-ring (bicyclic) bond motifs is 1. The zero-order valence-corrected chi connectivity index (χ0v) is 9.38. The Morgan fingerprint density at radius 2 is 2.53 bits per heavy atom. The highest BCUT2D eigenvalue weighted by atomic mass is 32.1. The van der Waals surface area contributed by atoms with Crippen molar-refractivity contribution in [3.63, 3.8) is 0 Å². The molecule has 4 nitrogen and oxygen atoms in total. The minimum absolute atomic E-state index is 0.108. The molecule has 0 aliphatic rings. The highest BCUT2D eigenvalue weighted by Gasteiger charge is 2.05. The summed E-state index contributed by atoms with van der Waals surface area (Å²) in [6, 6.07) is 0. The maximum absolute atomic E-state index is 11.3. The predicted molar refractivity (Wildman–Crippen MR) is 59.8 cm³/mol. The maximum atomic E-state index is 11.3. The van der Waals surface area contributed by atoms with Gasteiger partial charge in [-0.25, -0.2) is 4.98 Å². The van der Waals surface area contributed by atoms with Crippen LogP contribution in [0.5, 0.6) is 0 Å². The summed E-state index contributed by atoms with van der Waals surface area (Å²) >= 11 is 1.59. The smallest absolute Gasteiger partial charge is 0.220 e. The Balaban J connectivity index is 2.00. The van der Waals surface area contributed by atoms with E-state index in [0.29, 0.717) is 13.0 Å². The number of hydrogen-bond donors (Lipinski definition) is 1. The zero-order chi connectivity index (χ0) is 10.7. The second-order valence-corrected chi connectivity index (χ2v) is 4.17. The van der Waals surface area contributed by atoms with Gasteiger partial charge in [-0.1, -0.05) is 6.92 Å². The van der Waals surface area contributed by atoms with Gasteiger partial charge in [0, 0.05) is 24.2 Å². The van der Waals surface area contributed by atoms with Crippen molar-refractivity contribution >= 4 is 22.2 Å². The molecule has 2 heterocycles. The highest BCUT2D eigenvalue weighted by Crippen LogP contribution is 2.13. The van der Waals surface area contributed by atoms with E-state index in [2.05, 4.69) is 10.3 Å². The van der Waals surface area contributed by atoms with Gasteiger partial charge in [0.1, 0.15) is 0 Å². The first-order chi connectivity index (χ1) is 7.31. The first-order valence-corrected chi connectivity index (χ1v) is 5.85. The second kappa shape index (κ2) is 4.44. The molecule has 0 aromatic carbocycles. The fourth-order valence-corrected chi connectivity index (χ4v) is 2.26. The van der Waals surface area contributed by atoms with Crippen molar-refractivity contribution in [1.29, 1.82) is 0 Å². The van der Waals surface area contributed by atoms with E-state index in [-0.39, 0.29) is 5.91 Å². The third kappa shape index (κ3) is 2.18. The maximum Gasteiger partial charge on any atom is 0.220 e. The number of aromatic nitrogens is 2. The molecule has 15 heavy (non-hydrogen) atoms. The molecular weight excluding hydrogens is 210 g/mol. The van der Waals surface area contributed by atoms with Crippen LogP contribution >= 0.6 is 11.3 Å². The standard InChI is InChI=1S/C10H13N3OS/c1-2-3-9(14)12-6-8-7-15-10-11-4-5-13(8)10/h4-5,7H,2-3,6H2,1H3,(H,12,14). The molecule has 0 radical (unpaired) electrons. The molecule has 0 saturated heterocycles. The Kier molecular flexibility index (Phi) is 3.01. The lowest BCUT2D eigenvalue weighted by molar-refractivity contribution is -0.121. The number of rotatable bonds is 4. The molecule has 0 bridgehead atoms. The van der Waals surface area contributed by atoms with Gasteiger partial charge in [-0.05, 0) is 6.42 Å². The van der Waals surface area contributed by atoms with E-state index in [1.54, 1.807) is 17.5 Å². The summed E-state index contributed by atoms with van der Waals surface area (Å²) in [5.74, 6) is 0.108. The monoisotopic (exact) mass is 223 g/mol. The number of hydrogen-bond acceptors (Lipinski definition) is 3. The number of thiazole rings is 1. The Hall–Kier alpha value is -1.36.